The van der Waals surface area contributed by atoms with E-state index in [1.807, 2.05) is 36.4 Å². The summed E-state index contributed by atoms with van der Waals surface area (Å²) in [6.07, 6.45) is 0. The van der Waals surface area contributed by atoms with Gasteiger partial charge < -0.3 is 10.1 Å². The number of ether oxygens (including phenoxy) is 1. The maximum Gasteiger partial charge on any atom is 0.316 e. The predicted molar refractivity (Wildman–Crippen MR) is 92.9 cm³/mol. The molecule has 0 radical (unpaired) electrons. The smallest absolute Gasteiger partial charge is 0.316 e. The van der Waals surface area contributed by atoms with Gasteiger partial charge in [0.1, 0.15) is 6.07 Å². The molecule has 0 aliphatic rings. The summed E-state index contributed by atoms with van der Waals surface area (Å²) in [6.45, 7) is -0.383. The Kier molecular flexibility index (Phi) is 6.67. The minimum Gasteiger partial charge on any atom is -0.455 e. The molecule has 0 atom stereocenters. The van der Waals surface area contributed by atoms with Crippen molar-refractivity contribution in [3.05, 3.63) is 59.1 Å². The molecule has 0 aliphatic carbocycles. The lowest BCUT2D eigenvalue weighted by atomic mass is 10.2. The van der Waals surface area contributed by atoms with Crippen molar-refractivity contribution in [2.75, 3.05) is 17.7 Å². The number of hydrogen-bond acceptors (Lipinski definition) is 5. The van der Waals surface area contributed by atoms with Crippen molar-refractivity contribution in [2.24, 2.45) is 0 Å². The zero-order valence-electron chi connectivity index (χ0n) is 12.5. The molecule has 122 valence electrons. The Labute approximate surface area is 148 Å². The monoisotopic (exact) mass is 360 g/mol. The molecule has 0 aliphatic heterocycles. The van der Waals surface area contributed by atoms with Gasteiger partial charge in [0.25, 0.3) is 5.91 Å². The number of thioether (sulfide) groups is 1. The van der Waals surface area contributed by atoms with Gasteiger partial charge >= 0.3 is 5.97 Å². The standard InChI is InChI=1S/C17H13ClN2O3S/c18-15-8-13(7-6-12(15)9-19)20-16(21)10-23-17(22)11-24-14-4-2-1-3-5-14/h1-8H,10-11H2,(H,20,21). The molecular formula is C17H13ClN2O3S. The van der Waals surface area contributed by atoms with Crippen LogP contribution >= 0.6 is 23.4 Å². The van der Waals surface area contributed by atoms with Crippen molar-refractivity contribution in [1.29, 1.82) is 5.26 Å². The lowest BCUT2D eigenvalue weighted by Gasteiger charge is -2.07. The lowest BCUT2D eigenvalue weighted by molar-refractivity contribution is -0.144. The average Bonchev–Trinajstić information content (AvgIpc) is 2.59. The lowest BCUT2D eigenvalue weighted by Crippen LogP contribution is -2.21. The van der Waals surface area contributed by atoms with Gasteiger partial charge in [-0.3, -0.25) is 9.59 Å². The minimum atomic E-state index is -0.478. The molecule has 0 heterocycles. The number of carbonyl (C=O) groups excluding carboxylic acids is 2. The summed E-state index contributed by atoms with van der Waals surface area (Å²) in [6, 6.07) is 15.9. The molecule has 2 aromatic carbocycles. The number of hydrogen-bond donors (Lipinski definition) is 1. The van der Waals surface area contributed by atoms with Crippen molar-refractivity contribution in [3.63, 3.8) is 0 Å². The van der Waals surface area contributed by atoms with Crippen LogP contribution in [-0.2, 0) is 14.3 Å². The van der Waals surface area contributed by atoms with Crippen LogP contribution in [0.15, 0.2) is 53.4 Å². The van der Waals surface area contributed by atoms with E-state index in [1.54, 1.807) is 6.07 Å². The van der Waals surface area contributed by atoms with Gasteiger partial charge in [-0.1, -0.05) is 29.8 Å². The number of nitrogens with zero attached hydrogens (tertiary/aromatic N) is 1. The molecule has 1 N–H and O–H groups in total. The van der Waals surface area contributed by atoms with Crippen LogP contribution in [-0.4, -0.2) is 24.2 Å². The largest absolute Gasteiger partial charge is 0.455 e. The van der Waals surface area contributed by atoms with Gasteiger partial charge in [0.05, 0.1) is 16.3 Å². The number of nitrogens with one attached hydrogen (secondary N) is 1. The van der Waals surface area contributed by atoms with Crippen LogP contribution in [0.4, 0.5) is 5.69 Å². The second-order valence-electron chi connectivity index (χ2n) is 4.62. The molecule has 0 bridgehead atoms. The van der Waals surface area contributed by atoms with Crippen LogP contribution in [0.2, 0.25) is 5.02 Å². The first-order chi connectivity index (χ1) is 11.6. The number of benzene rings is 2. The molecule has 0 saturated carbocycles. The Morgan fingerprint density at radius 2 is 1.96 bits per heavy atom. The maximum atomic E-state index is 11.8. The van der Waals surface area contributed by atoms with Crippen LogP contribution < -0.4 is 5.32 Å². The number of nitriles is 1. The number of rotatable bonds is 6. The normalized spacial score (nSPS) is 9.83. The predicted octanol–water partition coefficient (Wildman–Crippen LogP) is 3.49. The van der Waals surface area contributed by atoms with Crippen molar-refractivity contribution in [1.82, 2.24) is 0 Å². The highest BCUT2D eigenvalue weighted by atomic mass is 35.5. The number of anilines is 1. The molecule has 2 aromatic rings. The molecule has 7 heteroatoms. The Hall–Kier alpha value is -2.49. The fraction of sp³-hybridized carbons (Fsp3) is 0.118. The zero-order valence-corrected chi connectivity index (χ0v) is 14.1. The summed E-state index contributed by atoms with van der Waals surface area (Å²) in [5.74, 6) is -0.828. The van der Waals surface area contributed by atoms with E-state index in [0.29, 0.717) is 11.3 Å². The molecule has 5 nitrogen and oxygen atoms in total. The van der Waals surface area contributed by atoms with E-state index in [-0.39, 0.29) is 17.4 Å². The highest BCUT2D eigenvalue weighted by molar-refractivity contribution is 8.00. The third-order valence-electron chi connectivity index (χ3n) is 2.84. The molecular weight excluding hydrogens is 348 g/mol. The summed E-state index contributed by atoms with van der Waals surface area (Å²) in [4.78, 5) is 24.3. The Bertz CT molecular complexity index is 775. The van der Waals surface area contributed by atoms with E-state index in [1.165, 1.54) is 23.9 Å². The van der Waals surface area contributed by atoms with Crippen LogP contribution in [0.3, 0.4) is 0 Å². The summed E-state index contributed by atoms with van der Waals surface area (Å²) in [5, 5.41) is 11.6. The molecule has 0 fully saturated rings. The molecule has 0 spiro atoms. The molecule has 24 heavy (non-hydrogen) atoms. The van der Waals surface area contributed by atoms with E-state index in [9.17, 15) is 9.59 Å². The van der Waals surface area contributed by atoms with Gasteiger partial charge in [0, 0.05) is 10.6 Å². The van der Waals surface area contributed by atoms with Gasteiger partial charge in [-0.25, -0.2) is 0 Å². The maximum absolute atomic E-state index is 11.8. The third kappa shape index (κ3) is 5.61. The van der Waals surface area contributed by atoms with E-state index >= 15 is 0 Å². The zero-order chi connectivity index (χ0) is 17.4. The molecule has 0 unspecified atom stereocenters. The number of halogens is 1. The van der Waals surface area contributed by atoms with Crippen LogP contribution in [0.1, 0.15) is 5.56 Å². The summed E-state index contributed by atoms with van der Waals surface area (Å²) in [7, 11) is 0. The Balaban J connectivity index is 1.75. The summed E-state index contributed by atoms with van der Waals surface area (Å²) in [5.41, 5.74) is 0.748. The second kappa shape index (κ2) is 8.96. The van der Waals surface area contributed by atoms with Gasteiger partial charge in [0.2, 0.25) is 0 Å². The molecule has 1 amide bonds. The molecule has 2 rings (SSSR count). The van der Waals surface area contributed by atoms with Gasteiger partial charge in [-0.05, 0) is 30.3 Å². The summed E-state index contributed by atoms with van der Waals surface area (Å²) < 4.78 is 4.92. The van der Waals surface area contributed by atoms with Gasteiger partial charge in [-0.2, -0.15) is 5.26 Å². The van der Waals surface area contributed by atoms with Crippen molar-refractivity contribution < 1.29 is 14.3 Å². The topological polar surface area (TPSA) is 79.2 Å². The first-order valence-electron chi connectivity index (χ1n) is 6.91. The first kappa shape index (κ1) is 17.9. The minimum absolute atomic E-state index is 0.125. The van der Waals surface area contributed by atoms with Crippen molar-refractivity contribution in [3.8, 4) is 6.07 Å². The van der Waals surface area contributed by atoms with E-state index in [2.05, 4.69) is 5.32 Å². The summed E-state index contributed by atoms with van der Waals surface area (Å²) >= 11 is 7.21. The fourth-order valence-corrected chi connectivity index (χ4v) is 2.67. The first-order valence-corrected chi connectivity index (χ1v) is 8.28. The van der Waals surface area contributed by atoms with E-state index in [0.717, 1.165) is 4.90 Å². The van der Waals surface area contributed by atoms with Gasteiger partial charge in [0.15, 0.2) is 6.61 Å². The highest BCUT2D eigenvalue weighted by Gasteiger charge is 2.09. The van der Waals surface area contributed by atoms with E-state index in [4.69, 9.17) is 21.6 Å². The third-order valence-corrected chi connectivity index (χ3v) is 4.14. The fourth-order valence-electron chi connectivity index (χ4n) is 1.73. The number of carbonyl (C=O) groups is 2. The average molecular weight is 361 g/mol. The Morgan fingerprint density at radius 1 is 1.21 bits per heavy atom. The quantitative estimate of drug-likeness (QED) is 0.630. The SMILES string of the molecule is N#Cc1ccc(NC(=O)COC(=O)CSc2ccccc2)cc1Cl. The molecule has 0 saturated heterocycles. The van der Waals surface area contributed by atoms with Crippen molar-refractivity contribution in [2.45, 2.75) is 4.90 Å². The van der Waals surface area contributed by atoms with Crippen LogP contribution in [0.25, 0.3) is 0 Å². The second-order valence-corrected chi connectivity index (χ2v) is 6.07. The highest BCUT2D eigenvalue weighted by Crippen LogP contribution is 2.20. The van der Waals surface area contributed by atoms with Gasteiger partial charge in [-0.15, -0.1) is 11.8 Å². The van der Waals surface area contributed by atoms with Crippen molar-refractivity contribution >= 4 is 40.9 Å². The number of amides is 1. The van der Waals surface area contributed by atoms with Crippen LogP contribution in [0, 0.1) is 11.3 Å². The number of esters is 1. The Morgan fingerprint density at radius 3 is 2.62 bits per heavy atom. The van der Waals surface area contributed by atoms with E-state index < -0.39 is 11.9 Å². The van der Waals surface area contributed by atoms with Crippen LogP contribution in [0.5, 0.6) is 0 Å². The molecule has 0 aromatic heterocycles.